The number of hydrogen-bond donors (Lipinski definition) is 0. The fourth-order valence-corrected chi connectivity index (χ4v) is 1.63. The standard InChI is InChI=1S/C14H18O4/c1-17-13(15)6-4-3-5-11-7-9-12(10-8-11)14(16)18-2/h7-10H,3-6H2,1-2H3. The van der Waals surface area contributed by atoms with Crippen molar-refractivity contribution in [3.8, 4) is 0 Å². The van der Waals surface area contributed by atoms with E-state index in [0.717, 1.165) is 24.8 Å². The summed E-state index contributed by atoms with van der Waals surface area (Å²) >= 11 is 0. The number of ether oxygens (including phenoxy) is 2. The van der Waals surface area contributed by atoms with Crippen LogP contribution in [0.2, 0.25) is 0 Å². The first-order chi connectivity index (χ1) is 8.67. The third-order valence-corrected chi connectivity index (χ3v) is 2.70. The molecule has 4 nitrogen and oxygen atoms in total. The van der Waals surface area contributed by atoms with Gasteiger partial charge in [-0.05, 0) is 37.0 Å². The number of carbonyl (C=O) groups is 2. The van der Waals surface area contributed by atoms with E-state index in [1.165, 1.54) is 14.2 Å². The van der Waals surface area contributed by atoms with Crippen molar-refractivity contribution in [2.45, 2.75) is 25.7 Å². The number of carbonyl (C=O) groups excluding carboxylic acids is 2. The van der Waals surface area contributed by atoms with Gasteiger partial charge in [0.2, 0.25) is 0 Å². The van der Waals surface area contributed by atoms with E-state index in [4.69, 9.17) is 0 Å². The molecule has 0 saturated heterocycles. The molecule has 98 valence electrons. The highest BCUT2D eigenvalue weighted by Crippen LogP contribution is 2.10. The van der Waals surface area contributed by atoms with Crippen LogP contribution in [0.15, 0.2) is 24.3 Å². The highest BCUT2D eigenvalue weighted by molar-refractivity contribution is 5.89. The van der Waals surface area contributed by atoms with Crippen LogP contribution in [0.25, 0.3) is 0 Å². The Labute approximate surface area is 107 Å². The first kappa shape index (κ1) is 14.2. The molecule has 18 heavy (non-hydrogen) atoms. The summed E-state index contributed by atoms with van der Waals surface area (Å²) < 4.78 is 9.19. The van der Waals surface area contributed by atoms with Crippen LogP contribution in [-0.4, -0.2) is 26.2 Å². The average Bonchev–Trinajstić information content (AvgIpc) is 2.43. The molecule has 4 heteroatoms. The molecule has 0 saturated carbocycles. The predicted octanol–water partition coefficient (Wildman–Crippen LogP) is 2.36. The van der Waals surface area contributed by atoms with Gasteiger partial charge in [0.05, 0.1) is 19.8 Å². The van der Waals surface area contributed by atoms with Crippen molar-refractivity contribution in [3.63, 3.8) is 0 Å². The van der Waals surface area contributed by atoms with Crippen molar-refractivity contribution in [1.82, 2.24) is 0 Å². The Morgan fingerprint density at radius 2 is 1.67 bits per heavy atom. The maximum absolute atomic E-state index is 11.2. The molecule has 0 radical (unpaired) electrons. The molecule has 0 aliphatic carbocycles. The lowest BCUT2D eigenvalue weighted by molar-refractivity contribution is -0.140. The van der Waals surface area contributed by atoms with Crippen molar-refractivity contribution in [2.75, 3.05) is 14.2 Å². The molecule has 0 fully saturated rings. The van der Waals surface area contributed by atoms with Crippen LogP contribution in [0.5, 0.6) is 0 Å². The van der Waals surface area contributed by atoms with Crippen molar-refractivity contribution >= 4 is 11.9 Å². The Hall–Kier alpha value is -1.84. The van der Waals surface area contributed by atoms with E-state index in [9.17, 15) is 9.59 Å². The number of methoxy groups -OCH3 is 2. The molecule has 0 heterocycles. The fraction of sp³-hybridized carbons (Fsp3) is 0.429. The Morgan fingerprint density at radius 1 is 1.00 bits per heavy atom. The van der Waals surface area contributed by atoms with E-state index >= 15 is 0 Å². The minimum atomic E-state index is -0.327. The molecule has 0 unspecified atom stereocenters. The van der Waals surface area contributed by atoms with E-state index in [1.807, 2.05) is 12.1 Å². The monoisotopic (exact) mass is 250 g/mol. The van der Waals surface area contributed by atoms with Crippen LogP contribution >= 0.6 is 0 Å². The van der Waals surface area contributed by atoms with Crippen LogP contribution in [0.3, 0.4) is 0 Å². The topological polar surface area (TPSA) is 52.6 Å². The summed E-state index contributed by atoms with van der Waals surface area (Å²) in [5.41, 5.74) is 1.70. The van der Waals surface area contributed by atoms with Gasteiger partial charge in [0, 0.05) is 6.42 Å². The molecule has 0 N–H and O–H groups in total. The van der Waals surface area contributed by atoms with Gasteiger partial charge in [-0.3, -0.25) is 4.79 Å². The number of hydrogen-bond acceptors (Lipinski definition) is 4. The van der Waals surface area contributed by atoms with Gasteiger partial charge in [-0.25, -0.2) is 4.79 Å². The van der Waals surface area contributed by atoms with Gasteiger partial charge in [-0.15, -0.1) is 0 Å². The van der Waals surface area contributed by atoms with Crippen LogP contribution in [0.1, 0.15) is 35.2 Å². The summed E-state index contributed by atoms with van der Waals surface area (Å²) in [7, 11) is 2.76. The molecule has 0 aliphatic rings. The lowest BCUT2D eigenvalue weighted by atomic mass is 10.1. The van der Waals surface area contributed by atoms with Crippen LogP contribution in [0.4, 0.5) is 0 Å². The van der Waals surface area contributed by atoms with Gasteiger partial charge in [-0.2, -0.15) is 0 Å². The predicted molar refractivity (Wildman–Crippen MR) is 67.4 cm³/mol. The van der Waals surface area contributed by atoms with E-state index in [0.29, 0.717) is 12.0 Å². The fourth-order valence-electron chi connectivity index (χ4n) is 1.63. The second kappa shape index (κ2) is 7.48. The van der Waals surface area contributed by atoms with Crippen molar-refractivity contribution in [1.29, 1.82) is 0 Å². The maximum Gasteiger partial charge on any atom is 0.337 e. The van der Waals surface area contributed by atoms with Gasteiger partial charge in [0.25, 0.3) is 0 Å². The highest BCUT2D eigenvalue weighted by Gasteiger charge is 2.04. The minimum absolute atomic E-state index is 0.170. The van der Waals surface area contributed by atoms with Gasteiger partial charge < -0.3 is 9.47 Å². The van der Waals surface area contributed by atoms with E-state index < -0.39 is 0 Å². The minimum Gasteiger partial charge on any atom is -0.469 e. The zero-order valence-corrected chi connectivity index (χ0v) is 10.8. The molecule has 0 bridgehead atoms. The first-order valence-corrected chi connectivity index (χ1v) is 5.91. The lowest BCUT2D eigenvalue weighted by Gasteiger charge is -2.03. The third-order valence-electron chi connectivity index (χ3n) is 2.70. The lowest BCUT2D eigenvalue weighted by Crippen LogP contribution is -2.01. The van der Waals surface area contributed by atoms with E-state index in [2.05, 4.69) is 9.47 Å². The van der Waals surface area contributed by atoms with Crippen LogP contribution in [-0.2, 0) is 20.7 Å². The number of esters is 2. The summed E-state index contributed by atoms with van der Waals surface area (Å²) in [4.78, 5) is 22.1. The third kappa shape index (κ3) is 4.57. The average molecular weight is 250 g/mol. The molecular formula is C14H18O4. The Balaban J connectivity index is 2.35. The van der Waals surface area contributed by atoms with E-state index in [1.54, 1.807) is 12.1 Å². The van der Waals surface area contributed by atoms with Gasteiger partial charge in [0.1, 0.15) is 0 Å². The molecule has 0 amide bonds. The van der Waals surface area contributed by atoms with Gasteiger partial charge >= 0.3 is 11.9 Å². The number of benzene rings is 1. The summed E-state index contributed by atoms with van der Waals surface area (Å²) in [6.45, 7) is 0. The Bertz CT molecular complexity index is 395. The van der Waals surface area contributed by atoms with Crippen LogP contribution < -0.4 is 0 Å². The quantitative estimate of drug-likeness (QED) is 0.574. The number of aryl methyl sites for hydroxylation is 1. The molecule has 0 aliphatic heterocycles. The Morgan fingerprint density at radius 3 is 2.22 bits per heavy atom. The second-order valence-electron chi connectivity index (χ2n) is 3.97. The maximum atomic E-state index is 11.2. The highest BCUT2D eigenvalue weighted by atomic mass is 16.5. The van der Waals surface area contributed by atoms with Gasteiger partial charge in [-0.1, -0.05) is 12.1 Å². The van der Waals surface area contributed by atoms with E-state index in [-0.39, 0.29) is 11.9 Å². The zero-order valence-electron chi connectivity index (χ0n) is 10.8. The summed E-state index contributed by atoms with van der Waals surface area (Å²) in [6, 6.07) is 7.32. The van der Waals surface area contributed by atoms with Gasteiger partial charge in [0.15, 0.2) is 0 Å². The number of unbranched alkanes of at least 4 members (excludes halogenated alkanes) is 1. The summed E-state index contributed by atoms with van der Waals surface area (Å²) in [6.07, 6.45) is 3.08. The molecule has 0 spiro atoms. The molecule has 0 atom stereocenters. The van der Waals surface area contributed by atoms with Crippen LogP contribution in [0, 0.1) is 0 Å². The summed E-state index contributed by atoms with van der Waals surface area (Å²) in [5, 5.41) is 0. The Kier molecular flexibility index (Phi) is 5.91. The smallest absolute Gasteiger partial charge is 0.337 e. The molecule has 0 aromatic heterocycles. The first-order valence-electron chi connectivity index (χ1n) is 5.91. The molecule has 1 aromatic rings. The molecular weight excluding hydrogens is 232 g/mol. The summed E-state index contributed by atoms with van der Waals surface area (Å²) in [5.74, 6) is -0.497. The van der Waals surface area contributed by atoms with Crippen molar-refractivity contribution in [2.24, 2.45) is 0 Å². The second-order valence-corrected chi connectivity index (χ2v) is 3.97. The van der Waals surface area contributed by atoms with Crippen molar-refractivity contribution in [3.05, 3.63) is 35.4 Å². The number of rotatable bonds is 6. The van der Waals surface area contributed by atoms with Crippen molar-refractivity contribution < 1.29 is 19.1 Å². The normalized spacial score (nSPS) is 9.89. The molecule has 1 aromatic carbocycles. The molecule has 1 rings (SSSR count). The largest absolute Gasteiger partial charge is 0.469 e. The SMILES string of the molecule is COC(=O)CCCCc1ccc(C(=O)OC)cc1. The zero-order chi connectivity index (χ0) is 13.4.